The molecule has 2 amide bonds. The Morgan fingerprint density at radius 1 is 1.46 bits per heavy atom. The highest BCUT2D eigenvalue weighted by molar-refractivity contribution is 8.18. The lowest BCUT2D eigenvalue weighted by atomic mass is 10.1. The minimum Gasteiger partial charge on any atom is -0.467 e. The second-order valence-electron chi connectivity index (χ2n) is 4.71. The number of thioether (sulfide) groups is 1. The number of benzene rings is 1. The predicted octanol–water partition coefficient (Wildman–Crippen LogP) is 2.85. The zero-order chi connectivity index (χ0) is 18.0. The van der Waals surface area contributed by atoms with Crippen molar-refractivity contribution < 1.29 is 24.0 Å². The van der Waals surface area contributed by atoms with Gasteiger partial charge in [0.1, 0.15) is 6.04 Å². The van der Waals surface area contributed by atoms with E-state index in [4.69, 9.17) is 11.6 Å². The van der Waals surface area contributed by atoms with E-state index in [2.05, 4.69) is 4.74 Å². The molecule has 0 radical (unpaired) electrons. The largest absolute Gasteiger partial charge is 0.467 e. The molecule has 126 valence electrons. The normalized spacial score (nSPS) is 17.3. The van der Waals surface area contributed by atoms with Crippen molar-refractivity contribution in [1.29, 1.82) is 0 Å². The van der Waals surface area contributed by atoms with Crippen LogP contribution in [0.5, 0.6) is 0 Å². The molecule has 0 spiro atoms. The SMILES string of the molecule is COC(=O)[C@@H](C)N1C(=O)S/C(=C\c2cc([N+](=O)[O-])ccc2Cl)C1=O. The van der Waals surface area contributed by atoms with Gasteiger partial charge in [-0.1, -0.05) is 11.6 Å². The van der Waals surface area contributed by atoms with E-state index in [0.717, 1.165) is 12.0 Å². The second kappa shape index (κ2) is 7.02. The molecule has 0 aliphatic carbocycles. The lowest BCUT2D eigenvalue weighted by molar-refractivity contribution is -0.384. The molecule has 1 aromatic rings. The van der Waals surface area contributed by atoms with E-state index < -0.39 is 28.1 Å². The number of nitro groups is 1. The van der Waals surface area contributed by atoms with E-state index in [1.54, 1.807) is 0 Å². The molecule has 1 fully saturated rings. The summed E-state index contributed by atoms with van der Waals surface area (Å²) in [6, 6.07) is 2.67. The van der Waals surface area contributed by atoms with Crippen LogP contribution in [-0.2, 0) is 14.3 Å². The molecule has 1 aromatic carbocycles. The maximum absolute atomic E-state index is 12.3. The Morgan fingerprint density at radius 2 is 2.12 bits per heavy atom. The summed E-state index contributed by atoms with van der Waals surface area (Å²) in [5.41, 5.74) is 0.0231. The molecule has 1 atom stereocenters. The number of methoxy groups -OCH3 is 1. The van der Waals surface area contributed by atoms with Gasteiger partial charge in [-0.3, -0.25) is 24.6 Å². The van der Waals surface area contributed by atoms with Crippen molar-refractivity contribution in [3.05, 3.63) is 43.8 Å². The fourth-order valence-corrected chi connectivity index (χ4v) is 3.06. The summed E-state index contributed by atoms with van der Waals surface area (Å²) in [4.78, 5) is 46.9. The number of non-ortho nitro benzene ring substituents is 1. The van der Waals surface area contributed by atoms with Gasteiger partial charge in [0.2, 0.25) is 0 Å². The maximum Gasteiger partial charge on any atom is 0.328 e. The van der Waals surface area contributed by atoms with Gasteiger partial charge in [0, 0.05) is 22.7 Å². The Balaban J connectivity index is 2.37. The van der Waals surface area contributed by atoms with Gasteiger partial charge in [-0.25, -0.2) is 4.79 Å². The molecule has 8 nitrogen and oxygen atoms in total. The minimum absolute atomic E-state index is 0.0122. The van der Waals surface area contributed by atoms with E-state index in [1.807, 2.05) is 0 Å². The van der Waals surface area contributed by atoms with Crippen molar-refractivity contribution in [2.24, 2.45) is 0 Å². The molecule has 2 rings (SSSR count). The average Bonchev–Trinajstić information content (AvgIpc) is 2.81. The van der Waals surface area contributed by atoms with Gasteiger partial charge in [0.25, 0.3) is 16.8 Å². The van der Waals surface area contributed by atoms with Crippen molar-refractivity contribution in [2.45, 2.75) is 13.0 Å². The first kappa shape index (κ1) is 18.0. The summed E-state index contributed by atoms with van der Waals surface area (Å²) < 4.78 is 4.53. The molecule has 0 N–H and O–H groups in total. The minimum atomic E-state index is -1.08. The van der Waals surface area contributed by atoms with Crippen molar-refractivity contribution in [3.8, 4) is 0 Å². The molecule has 0 unspecified atom stereocenters. The molecule has 0 saturated carbocycles. The molecule has 24 heavy (non-hydrogen) atoms. The standard InChI is InChI=1S/C14H11ClN2O6S/c1-7(13(19)23-2)16-12(18)11(24-14(16)20)6-8-5-9(17(21)22)3-4-10(8)15/h3-7H,1-2H3/b11-6-/t7-/m1/s1. The third-order valence-corrected chi connectivity index (χ3v) is 4.46. The zero-order valence-corrected chi connectivity index (χ0v) is 14.1. The Hall–Kier alpha value is -2.39. The van der Waals surface area contributed by atoms with Gasteiger partial charge in [-0.15, -0.1) is 0 Å². The fourth-order valence-electron chi connectivity index (χ4n) is 1.99. The number of hydrogen-bond donors (Lipinski definition) is 0. The highest BCUT2D eigenvalue weighted by Gasteiger charge is 2.41. The van der Waals surface area contributed by atoms with Crippen molar-refractivity contribution in [3.63, 3.8) is 0 Å². The highest BCUT2D eigenvalue weighted by atomic mass is 35.5. The van der Waals surface area contributed by atoms with Crippen LogP contribution in [0.25, 0.3) is 6.08 Å². The lowest BCUT2D eigenvalue weighted by Gasteiger charge is -2.18. The first-order valence-electron chi connectivity index (χ1n) is 6.55. The third-order valence-electron chi connectivity index (χ3n) is 3.23. The summed E-state index contributed by atoms with van der Waals surface area (Å²) in [6.45, 7) is 1.37. The van der Waals surface area contributed by atoms with E-state index in [-0.39, 0.29) is 21.2 Å². The second-order valence-corrected chi connectivity index (χ2v) is 6.11. The summed E-state index contributed by atoms with van der Waals surface area (Å²) in [5.74, 6) is -1.42. The van der Waals surface area contributed by atoms with Crippen LogP contribution in [0.1, 0.15) is 12.5 Å². The van der Waals surface area contributed by atoms with Crippen LogP contribution < -0.4 is 0 Å². The van der Waals surface area contributed by atoms with Crippen LogP contribution in [-0.4, -0.2) is 40.1 Å². The number of esters is 1. The van der Waals surface area contributed by atoms with Crippen LogP contribution in [0.15, 0.2) is 23.1 Å². The van der Waals surface area contributed by atoms with Crippen molar-refractivity contribution in [2.75, 3.05) is 7.11 Å². The molecule has 0 bridgehead atoms. The summed E-state index contributed by atoms with van der Waals surface area (Å²) >= 11 is 6.59. The number of nitro benzene ring substituents is 1. The molecule has 1 saturated heterocycles. The van der Waals surface area contributed by atoms with Crippen molar-refractivity contribution >= 4 is 52.2 Å². The Morgan fingerprint density at radius 3 is 2.71 bits per heavy atom. The van der Waals surface area contributed by atoms with Crippen LogP contribution in [0.4, 0.5) is 10.5 Å². The Kier molecular flexibility index (Phi) is 5.25. The first-order chi connectivity index (χ1) is 11.3. The summed E-state index contributed by atoms with van der Waals surface area (Å²) in [7, 11) is 1.15. The van der Waals surface area contributed by atoms with Gasteiger partial charge in [0.05, 0.1) is 16.9 Å². The van der Waals surface area contributed by atoms with E-state index >= 15 is 0 Å². The molecule has 1 aliphatic heterocycles. The monoisotopic (exact) mass is 370 g/mol. The third kappa shape index (κ3) is 3.41. The van der Waals surface area contributed by atoms with E-state index in [1.165, 1.54) is 31.2 Å². The zero-order valence-electron chi connectivity index (χ0n) is 12.5. The molecule has 1 heterocycles. The topological polar surface area (TPSA) is 107 Å². The van der Waals surface area contributed by atoms with Crippen molar-refractivity contribution in [1.82, 2.24) is 4.90 Å². The molecular formula is C14H11ClN2O6S. The van der Waals surface area contributed by atoms with Gasteiger partial charge >= 0.3 is 5.97 Å². The summed E-state index contributed by atoms with van der Waals surface area (Å²) in [6.07, 6.45) is 1.28. The smallest absolute Gasteiger partial charge is 0.328 e. The number of carbonyl (C=O) groups is 3. The maximum atomic E-state index is 12.3. The van der Waals surface area contributed by atoms with Gasteiger partial charge in [0.15, 0.2) is 0 Å². The number of rotatable bonds is 4. The lowest BCUT2D eigenvalue weighted by Crippen LogP contribution is -2.42. The van der Waals surface area contributed by atoms with Crippen LogP contribution in [0, 0.1) is 10.1 Å². The number of imide groups is 1. The number of halogens is 1. The van der Waals surface area contributed by atoms with Crippen LogP contribution >= 0.6 is 23.4 Å². The Bertz CT molecular complexity index is 779. The quantitative estimate of drug-likeness (QED) is 0.347. The number of carbonyl (C=O) groups excluding carboxylic acids is 3. The van der Waals surface area contributed by atoms with E-state index in [0.29, 0.717) is 11.8 Å². The number of nitrogens with zero attached hydrogens (tertiary/aromatic N) is 2. The molecule has 10 heteroatoms. The predicted molar refractivity (Wildman–Crippen MR) is 87.4 cm³/mol. The van der Waals surface area contributed by atoms with Gasteiger partial charge in [-0.05, 0) is 30.8 Å². The number of amides is 2. The van der Waals surface area contributed by atoms with E-state index in [9.17, 15) is 24.5 Å². The number of hydrogen-bond acceptors (Lipinski definition) is 7. The van der Waals surface area contributed by atoms with Gasteiger partial charge in [-0.2, -0.15) is 0 Å². The average molecular weight is 371 g/mol. The fraction of sp³-hybridized carbons (Fsp3) is 0.214. The van der Waals surface area contributed by atoms with Crippen LogP contribution in [0.2, 0.25) is 5.02 Å². The van der Waals surface area contributed by atoms with Crippen LogP contribution in [0.3, 0.4) is 0 Å². The molecular weight excluding hydrogens is 360 g/mol. The molecule has 0 aromatic heterocycles. The number of ether oxygens (including phenoxy) is 1. The first-order valence-corrected chi connectivity index (χ1v) is 7.74. The highest BCUT2D eigenvalue weighted by Crippen LogP contribution is 2.35. The Labute approximate surface area is 145 Å². The molecule has 1 aliphatic rings. The van der Waals surface area contributed by atoms with Gasteiger partial charge < -0.3 is 4.74 Å². The summed E-state index contributed by atoms with van der Waals surface area (Å²) in [5, 5.41) is 10.4.